The van der Waals surface area contributed by atoms with Gasteiger partial charge in [0.15, 0.2) is 0 Å². The number of hydrogen-bond acceptors (Lipinski definition) is 1. The lowest BCUT2D eigenvalue weighted by Gasteiger charge is -2.07. The van der Waals surface area contributed by atoms with Gasteiger partial charge in [-0.25, -0.2) is 0 Å². The Hall–Kier alpha value is -4.98. The first-order valence-electron chi connectivity index (χ1n) is 14.1. The zero-order valence-electron chi connectivity index (χ0n) is 22.3. The van der Waals surface area contributed by atoms with Gasteiger partial charge >= 0.3 is 0 Å². The summed E-state index contributed by atoms with van der Waals surface area (Å²) >= 11 is 1.90. The molecule has 0 saturated carbocycles. The smallest absolute Gasteiger partial charge is 0.0361 e. The van der Waals surface area contributed by atoms with Gasteiger partial charge in [-0.2, -0.15) is 0 Å². The number of benzene rings is 8. The molecule has 9 rings (SSSR count). The molecular weight excluding hydrogens is 513 g/mol. The summed E-state index contributed by atoms with van der Waals surface area (Å²) in [5, 5.41) is 13.0. The van der Waals surface area contributed by atoms with E-state index in [1.54, 1.807) is 0 Å². The molecule has 0 N–H and O–H groups in total. The molecule has 1 aromatic heterocycles. The number of fused-ring (bicyclic) bond motifs is 7. The highest BCUT2D eigenvalue weighted by molar-refractivity contribution is 7.26. The molecule has 190 valence electrons. The van der Waals surface area contributed by atoms with E-state index in [9.17, 15) is 0 Å². The van der Waals surface area contributed by atoms with Crippen molar-refractivity contribution in [2.45, 2.75) is 0 Å². The lowest BCUT2D eigenvalue weighted by molar-refractivity contribution is 1.65. The summed E-state index contributed by atoms with van der Waals surface area (Å²) in [4.78, 5) is 0. The average molecular weight is 537 g/mol. The molecule has 1 heteroatoms. The van der Waals surface area contributed by atoms with Crippen LogP contribution in [0.1, 0.15) is 0 Å². The molecule has 0 bridgehead atoms. The molecule has 0 radical (unpaired) electrons. The molecule has 8 aromatic carbocycles. The molecule has 1 heterocycles. The Balaban J connectivity index is 1.22. The third-order valence-electron chi connectivity index (χ3n) is 8.51. The summed E-state index contributed by atoms with van der Waals surface area (Å²) in [7, 11) is 0. The summed E-state index contributed by atoms with van der Waals surface area (Å²) in [6.07, 6.45) is 0. The zero-order valence-corrected chi connectivity index (χ0v) is 23.1. The minimum absolute atomic E-state index is 1.25. The van der Waals surface area contributed by atoms with Crippen molar-refractivity contribution in [1.82, 2.24) is 0 Å². The van der Waals surface area contributed by atoms with Gasteiger partial charge in [0.2, 0.25) is 0 Å². The van der Waals surface area contributed by atoms with Crippen LogP contribution >= 0.6 is 11.3 Å². The Labute approximate surface area is 241 Å². The zero-order chi connectivity index (χ0) is 26.9. The predicted molar refractivity (Wildman–Crippen MR) is 180 cm³/mol. The van der Waals surface area contributed by atoms with Gasteiger partial charge in [-0.1, -0.05) is 84.9 Å². The second-order valence-corrected chi connectivity index (χ2v) is 12.1. The Kier molecular flexibility index (Phi) is 4.87. The maximum atomic E-state index is 2.40. The Bertz CT molecular complexity index is 2280. The molecule has 0 aliphatic heterocycles. The molecular formula is C40H24S. The van der Waals surface area contributed by atoms with Crippen molar-refractivity contribution in [3.63, 3.8) is 0 Å². The van der Waals surface area contributed by atoms with Crippen molar-refractivity contribution < 1.29 is 0 Å². The minimum atomic E-state index is 1.25. The Morgan fingerprint density at radius 3 is 1.12 bits per heavy atom. The predicted octanol–water partition coefficient (Wildman–Crippen LogP) is 12.0. The highest BCUT2D eigenvalue weighted by Crippen LogP contribution is 2.40. The third-order valence-corrected chi connectivity index (χ3v) is 9.63. The quantitative estimate of drug-likeness (QED) is 0.193. The largest absolute Gasteiger partial charge is 0.135 e. The first kappa shape index (κ1) is 22.8. The van der Waals surface area contributed by atoms with Crippen LogP contribution in [0.5, 0.6) is 0 Å². The second-order valence-electron chi connectivity index (χ2n) is 11.1. The van der Waals surface area contributed by atoms with E-state index < -0.39 is 0 Å². The van der Waals surface area contributed by atoms with E-state index >= 15 is 0 Å². The highest BCUT2D eigenvalue weighted by Gasteiger charge is 2.11. The first-order chi connectivity index (χ1) is 20.2. The van der Waals surface area contributed by atoms with Gasteiger partial charge in [-0.3, -0.25) is 0 Å². The van der Waals surface area contributed by atoms with Crippen LogP contribution in [0.3, 0.4) is 0 Å². The summed E-state index contributed by atoms with van der Waals surface area (Å²) in [6.45, 7) is 0. The van der Waals surface area contributed by atoms with Gasteiger partial charge in [0.1, 0.15) is 0 Å². The van der Waals surface area contributed by atoms with E-state index in [0.29, 0.717) is 0 Å². The molecule has 41 heavy (non-hydrogen) atoms. The van der Waals surface area contributed by atoms with Crippen molar-refractivity contribution >= 4 is 74.6 Å². The van der Waals surface area contributed by atoms with E-state index in [-0.39, 0.29) is 0 Å². The van der Waals surface area contributed by atoms with Gasteiger partial charge in [-0.05, 0) is 126 Å². The Morgan fingerprint density at radius 1 is 0.268 bits per heavy atom. The molecule has 0 fully saturated rings. The van der Waals surface area contributed by atoms with Crippen molar-refractivity contribution in [3.05, 3.63) is 146 Å². The SMILES string of the molecule is c1ccc(-c2ccc3cc4cc5sc6cc7cc8ccc(-c9ccccc9)cc8cc7cc6c5cc4cc3c2)cc1. The number of thiophene rings is 1. The van der Waals surface area contributed by atoms with Crippen molar-refractivity contribution in [1.29, 1.82) is 0 Å². The monoisotopic (exact) mass is 536 g/mol. The molecule has 9 aromatic rings. The van der Waals surface area contributed by atoms with Crippen LogP contribution in [0.4, 0.5) is 0 Å². The Morgan fingerprint density at radius 2 is 0.659 bits per heavy atom. The van der Waals surface area contributed by atoms with Gasteiger partial charge in [0.25, 0.3) is 0 Å². The molecule has 0 spiro atoms. The van der Waals surface area contributed by atoms with Crippen LogP contribution in [-0.2, 0) is 0 Å². The van der Waals surface area contributed by atoms with E-state index in [1.807, 2.05) is 11.3 Å². The standard InChI is InChI=1S/C40H24S/c1-3-7-25(8-4-1)27-11-13-29-17-35-23-39-37(21-33(35)19-31(29)15-27)38-22-34-20-32-16-28(26-9-5-2-6-10-26)12-14-30(32)18-36(34)24-40(38)41-39/h1-24H. The topological polar surface area (TPSA) is 0 Å². The second kappa shape index (κ2) is 8.76. The lowest BCUT2D eigenvalue weighted by atomic mass is 9.96. The van der Waals surface area contributed by atoms with Crippen LogP contribution in [0.25, 0.3) is 85.5 Å². The van der Waals surface area contributed by atoms with Crippen molar-refractivity contribution in [3.8, 4) is 22.3 Å². The molecule has 0 nitrogen and oxygen atoms in total. The molecule has 0 saturated heterocycles. The number of hydrogen-bond donors (Lipinski definition) is 0. The van der Waals surface area contributed by atoms with Crippen LogP contribution in [0.15, 0.2) is 146 Å². The fraction of sp³-hybridized carbons (Fsp3) is 0. The van der Waals surface area contributed by atoms with Crippen LogP contribution < -0.4 is 0 Å². The van der Waals surface area contributed by atoms with E-state index in [2.05, 4.69) is 146 Å². The molecule has 0 aliphatic rings. The summed E-state index contributed by atoms with van der Waals surface area (Å²) in [6, 6.07) is 53.9. The van der Waals surface area contributed by atoms with Gasteiger partial charge in [-0.15, -0.1) is 11.3 Å². The van der Waals surface area contributed by atoms with E-state index in [4.69, 9.17) is 0 Å². The summed E-state index contributed by atoms with van der Waals surface area (Å²) < 4.78 is 2.69. The first-order valence-corrected chi connectivity index (χ1v) is 14.9. The van der Waals surface area contributed by atoms with Crippen LogP contribution in [0.2, 0.25) is 0 Å². The van der Waals surface area contributed by atoms with Crippen LogP contribution in [-0.4, -0.2) is 0 Å². The van der Waals surface area contributed by atoms with Crippen molar-refractivity contribution in [2.75, 3.05) is 0 Å². The minimum Gasteiger partial charge on any atom is -0.135 e. The van der Waals surface area contributed by atoms with Gasteiger partial charge in [0, 0.05) is 20.2 Å². The molecule has 0 unspecified atom stereocenters. The summed E-state index contributed by atoms with van der Waals surface area (Å²) in [5.41, 5.74) is 5.02. The molecule has 0 amide bonds. The number of rotatable bonds is 2. The average Bonchev–Trinajstić information content (AvgIpc) is 3.36. The van der Waals surface area contributed by atoms with E-state index in [0.717, 1.165) is 0 Å². The fourth-order valence-electron chi connectivity index (χ4n) is 6.39. The maximum Gasteiger partial charge on any atom is 0.0361 e. The maximum absolute atomic E-state index is 2.40. The third kappa shape index (κ3) is 3.74. The molecule has 0 aliphatic carbocycles. The normalized spacial score (nSPS) is 11.9. The van der Waals surface area contributed by atoms with Crippen LogP contribution in [0, 0.1) is 0 Å². The van der Waals surface area contributed by atoms with Gasteiger partial charge < -0.3 is 0 Å². The highest BCUT2D eigenvalue weighted by atomic mass is 32.1. The fourth-order valence-corrected chi connectivity index (χ4v) is 7.55. The van der Waals surface area contributed by atoms with Gasteiger partial charge in [0.05, 0.1) is 0 Å². The lowest BCUT2D eigenvalue weighted by Crippen LogP contribution is -1.81. The van der Waals surface area contributed by atoms with E-state index in [1.165, 1.54) is 85.5 Å². The van der Waals surface area contributed by atoms with Crippen molar-refractivity contribution in [2.24, 2.45) is 0 Å². The summed E-state index contributed by atoms with van der Waals surface area (Å²) in [5.74, 6) is 0. The molecule has 0 atom stereocenters.